The van der Waals surface area contributed by atoms with Gasteiger partial charge in [-0.05, 0) is 32.7 Å². The van der Waals surface area contributed by atoms with Gasteiger partial charge >= 0.3 is 0 Å². The van der Waals surface area contributed by atoms with Crippen molar-refractivity contribution in [2.75, 3.05) is 32.1 Å². The van der Waals surface area contributed by atoms with Gasteiger partial charge in [-0.1, -0.05) is 6.92 Å². The molecule has 0 radical (unpaired) electrons. The van der Waals surface area contributed by atoms with Gasteiger partial charge in [-0.2, -0.15) is 0 Å². The molecule has 0 amide bonds. The van der Waals surface area contributed by atoms with Crippen molar-refractivity contribution in [2.45, 2.75) is 45.3 Å². The Morgan fingerprint density at radius 2 is 2.25 bits per heavy atom. The van der Waals surface area contributed by atoms with E-state index in [9.17, 15) is 0 Å². The second-order valence-electron chi connectivity index (χ2n) is 5.79. The summed E-state index contributed by atoms with van der Waals surface area (Å²) in [6, 6.07) is 0. The summed E-state index contributed by atoms with van der Waals surface area (Å²) in [5, 5.41) is 3.24. The number of piperidine rings is 1. The minimum Gasteiger partial charge on any atom is -0.377 e. The van der Waals surface area contributed by atoms with E-state index in [1.54, 1.807) is 7.11 Å². The topological polar surface area (TPSA) is 50.3 Å². The zero-order valence-electron chi connectivity index (χ0n) is 12.9. The summed E-state index contributed by atoms with van der Waals surface area (Å²) in [6.45, 7) is 8.17. The highest BCUT2D eigenvalue weighted by molar-refractivity contribution is 5.30. The van der Waals surface area contributed by atoms with E-state index in [2.05, 4.69) is 34.0 Å². The molecule has 5 heteroatoms. The Labute approximate surface area is 121 Å². The minimum absolute atomic E-state index is 0.0195. The average Bonchev–Trinajstić information content (AvgIpc) is 2.47. The van der Waals surface area contributed by atoms with Crippen LogP contribution >= 0.6 is 0 Å². The van der Waals surface area contributed by atoms with Gasteiger partial charge in [-0.3, -0.25) is 9.88 Å². The van der Waals surface area contributed by atoms with Crippen LogP contribution in [0.15, 0.2) is 12.4 Å². The van der Waals surface area contributed by atoms with E-state index in [1.165, 1.54) is 6.42 Å². The van der Waals surface area contributed by atoms with Crippen LogP contribution in [0.4, 0.5) is 5.82 Å². The predicted molar refractivity (Wildman–Crippen MR) is 80.7 cm³/mol. The summed E-state index contributed by atoms with van der Waals surface area (Å²) >= 11 is 0. The van der Waals surface area contributed by atoms with E-state index in [4.69, 9.17) is 4.74 Å². The van der Waals surface area contributed by atoms with Crippen molar-refractivity contribution in [3.8, 4) is 0 Å². The van der Waals surface area contributed by atoms with Gasteiger partial charge in [0.15, 0.2) is 0 Å². The normalized spacial score (nSPS) is 23.8. The summed E-state index contributed by atoms with van der Waals surface area (Å²) in [5.41, 5.74) is 1.00. The molecule has 1 N–H and O–H groups in total. The smallest absolute Gasteiger partial charge is 0.144 e. The van der Waals surface area contributed by atoms with Gasteiger partial charge in [0.05, 0.1) is 23.7 Å². The van der Waals surface area contributed by atoms with Crippen molar-refractivity contribution in [1.29, 1.82) is 0 Å². The van der Waals surface area contributed by atoms with Crippen LogP contribution in [-0.4, -0.2) is 47.2 Å². The van der Waals surface area contributed by atoms with Crippen LogP contribution in [0.1, 0.15) is 38.8 Å². The lowest BCUT2D eigenvalue weighted by Gasteiger charge is -2.39. The van der Waals surface area contributed by atoms with Crippen LogP contribution in [-0.2, 0) is 11.3 Å². The fraction of sp³-hybridized carbons (Fsp3) is 0.733. The first-order valence-electron chi connectivity index (χ1n) is 7.47. The fourth-order valence-electron chi connectivity index (χ4n) is 2.62. The molecule has 1 fully saturated rings. The monoisotopic (exact) mass is 278 g/mol. The Bertz CT molecular complexity index is 409. The van der Waals surface area contributed by atoms with Crippen molar-refractivity contribution in [1.82, 2.24) is 14.9 Å². The number of rotatable bonds is 6. The van der Waals surface area contributed by atoms with E-state index in [0.717, 1.165) is 50.5 Å². The molecule has 0 bridgehead atoms. The first-order valence-corrected chi connectivity index (χ1v) is 7.47. The fourth-order valence-corrected chi connectivity index (χ4v) is 2.62. The van der Waals surface area contributed by atoms with Gasteiger partial charge in [0, 0.05) is 26.7 Å². The zero-order chi connectivity index (χ0) is 14.4. The van der Waals surface area contributed by atoms with Gasteiger partial charge < -0.3 is 10.1 Å². The van der Waals surface area contributed by atoms with Gasteiger partial charge in [-0.15, -0.1) is 0 Å². The molecular formula is C15H26N4O. The third kappa shape index (κ3) is 4.15. The van der Waals surface area contributed by atoms with Gasteiger partial charge in [0.25, 0.3) is 0 Å². The number of ether oxygens (including phenoxy) is 1. The quantitative estimate of drug-likeness (QED) is 0.865. The van der Waals surface area contributed by atoms with Gasteiger partial charge in [0.2, 0.25) is 0 Å². The lowest BCUT2D eigenvalue weighted by molar-refractivity contribution is -0.0529. The highest BCUT2D eigenvalue weighted by Crippen LogP contribution is 2.24. The molecule has 1 aromatic rings. The van der Waals surface area contributed by atoms with Crippen LogP contribution in [0, 0.1) is 0 Å². The summed E-state index contributed by atoms with van der Waals surface area (Å²) in [6.07, 6.45) is 7.09. The minimum atomic E-state index is -0.0195. The third-order valence-corrected chi connectivity index (χ3v) is 3.88. The number of nitrogens with one attached hydrogen (secondary N) is 1. The lowest BCUT2D eigenvalue weighted by Crippen LogP contribution is -2.46. The molecule has 112 valence electrons. The number of aromatic nitrogens is 2. The highest BCUT2D eigenvalue weighted by atomic mass is 16.5. The highest BCUT2D eigenvalue weighted by Gasteiger charge is 2.30. The molecule has 0 aromatic carbocycles. The van der Waals surface area contributed by atoms with Gasteiger partial charge in [0.1, 0.15) is 5.82 Å². The molecule has 1 saturated heterocycles. The molecule has 2 heterocycles. The molecule has 1 aliphatic heterocycles. The van der Waals surface area contributed by atoms with Crippen LogP contribution < -0.4 is 5.32 Å². The molecule has 1 aromatic heterocycles. The molecule has 20 heavy (non-hydrogen) atoms. The third-order valence-electron chi connectivity index (χ3n) is 3.88. The Morgan fingerprint density at radius 1 is 1.40 bits per heavy atom. The molecule has 1 atom stereocenters. The number of hydrogen-bond donors (Lipinski definition) is 1. The first-order chi connectivity index (χ1) is 9.65. The Hall–Kier alpha value is -1.20. The Balaban J connectivity index is 1.89. The standard InChI is InChI=1S/C15H26N4O/c1-4-7-16-14-10-17-13(9-18-14)11-19-8-5-6-15(2,12-19)20-3/h9-10H,4-8,11-12H2,1-3H3,(H,16,18). The summed E-state index contributed by atoms with van der Waals surface area (Å²) in [7, 11) is 1.80. The molecule has 0 spiro atoms. The number of nitrogens with zero attached hydrogens (tertiary/aromatic N) is 3. The van der Waals surface area contributed by atoms with Crippen molar-refractivity contribution >= 4 is 5.82 Å². The van der Waals surface area contributed by atoms with Crippen LogP contribution in [0.3, 0.4) is 0 Å². The second kappa shape index (κ2) is 6.99. The van der Waals surface area contributed by atoms with Crippen molar-refractivity contribution in [2.24, 2.45) is 0 Å². The van der Waals surface area contributed by atoms with E-state index >= 15 is 0 Å². The maximum Gasteiger partial charge on any atom is 0.144 e. The number of likely N-dealkylation sites (tertiary alicyclic amines) is 1. The average molecular weight is 278 g/mol. The number of hydrogen-bond acceptors (Lipinski definition) is 5. The maximum absolute atomic E-state index is 5.62. The summed E-state index contributed by atoms with van der Waals surface area (Å²) in [5.74, 6) is 0.857. The number of methoxy groups -OCH3 is 1. The van der Waals surface area contributed by atoms with Crippen LogP contribution in [0.25, 0.3) is 0 Å². The zero-order valence-corrected chi connectivity index (χ0v) is 12.9. The van der Waals surface area contributed by atoms with Crippen molar-refractivity contribution in [3.05, 3.63) is 18.1 Å². The molecule has 0 aliphatic carbocycles. The molecular weight excluding hydrogens is 252 g/mol. The molecule has 5 nitrogen and oxygen atoms in total. The van der Waals surface area contributed by atoms with E-state index in [-0.39, 0.29) is 5.60 Å². The second-order valence-corrected chi connectivity index (χ2v) is 5.79. The maximum atomic E-state index is 5.62. The Morgan fingerprint density at radius 3 is 2.90 bits per heavy atom. The van der Waals surface area contributed by atoms with E-state index in [1.807, 2.05) is 12.4 Å². The lowest BCUT2D eigenvalue weighted by atomic mass is 9.95. The molecule has 1 unspecified atom stereocenters. The largest absolute Gasteiger partial charge is 0.377 e. The van der Waals surface area contributed by atoms with Gasteiger partial charge in [-0.25, -0.2) is 4.98 Å². The van der Waals surface area contributed by atoms with Crippen LogP contribution in [0.5, 0.6) is 0 Å². The summed E-state index contributed by atoms with van der Waals surface area (Å²) in [4.78, 5) is 11.3. The van der Waals surface area contributed by atoms with E-state index in [0.29, 0.717) is 0 Å². The summed E-state index contributed by atoms with van der Waals surface area (Å²) < 4.78 is 5.62. The van der Waals surface area contributed by atoms with Crippen LogP contribution in [0.2, 0.25) is 0 Å². The SMILES string of the molecule is CCCNc1cnc(CN2CCCC(C)(OC)C2)cn1. The predicted octanol–water partition coefficient (Wildman–Crippen LogP) is 2.30. The van der Waals surface area contributed by atoms with E-state index < -0.39 is 0 Å². The Kier molecular flexibility index (Phi) is 5.31. The molecule has 2 rings (SSSR count). The molecule has 1 aliphatic rings. The molecule has 0 saturated carbocycles. The van der Waals surface area contributed by atoms with Crippen molar-refractivity contribution in [3.63, 3.8) is 0 Å². The number of anilines is 1. The van der Waals surface area contributed by atoms with Crippen molar-refractivity contribution < 1.29 is 4.74 Å². The first kappa shape index (κ1) is 15.2.